The van der Waals surface area contributed by atoms with E-state index in [1.54, 1.807) is 6.92 Å². The van der Waals surface area contributed by atoms with E-state index in [2.05, 4.69) is 5.48 Å². The quantitative estimate of drug-likeness (QED) is 0.613. The third-order valence-electron chi connectivity index (χ3n) is 3.72. The van der Waals surface area contributed by atoms with E-state index in [-0.39, 0.29) is 19.2 Å². The SMILES string of the molecule is CCOC(=O)C1CCC(NOCc2ccccc2)CN1C(=O)O. The van der Waals surface area contributed by atoms with Crippen molar-refractivity contribution in [1.82, 2.24) is 10.4 Å². The number of piperidine rings is 1. The molecular weight excluding hydrogens is 300 g/mol. The van der Waals surface area contributed by atoms with Crippen molar-refractivity contribution in [3.05, 3.63) is 35.9 Å². The molecule has 7 heteroatoms. The fraction of sp³-hybridized carbons (Fsp3) is 0.500. The molecule has 2 atom stereocenters. The summed E-state index contributed by atoms with van der Waals surface area (Å²) in [4.78, 5) is 29.8. The number of carbonyl (C=O) groups is 2. The predicted octanol–water partition coefficient (Wildman–Crippen LogP) is 1.78. The monoisotopic (exact) mass is 322 g/mol. The highest BCUT2D eigenvalue weighted by atomic mass is 16.6. The van der Waals surface area contributed by atoms with Crippen molar-refractivity contribution in [2.75, 3.05) is 13.2 Å². The molecule has 2 unspecified atom stereocenters. The van der Waals surface area contributed by atoms with E-state index >= 15 is 0 Å². The Kier molecular flexibility index (Phi) is 6.37. The minimum absolute atomic E-state index is 0.152. The molecule has 1 aromatic carbocycles. The molecule has 1 aliphatic heterocycles. The molecule has 1 fully saturated rings. The van der Waals surface area contributed by atoms with Crippen LogP contribution in [0.5, 0.6) is 0 Å². The van der Waals surface area contributed by atoms with Crippen LogP contribution in [-0.4, -0.2) is 47.3 Å². The highest BCUT2D eigenvalue weighted by Crippen LogP contribution is 2.19. The lowest BCUT2D eigenvalue weighted by molar-refractivity contribution is -0.151. The van der Waals surface area contributed by atoms with Crippen molar-refractivity contribution in [2.45, 2.75) is 38.5 Å². The molecule has 0 bridgehead atoms. The minimum atomic E-state index is -1.13. The average Bonchev–Trinajstić information content (AvgIpc) is 2.56. The zero-order valence-corrected chi connectivity index (χ0v) is 13.1. The largest absolute Gasteiger partial charge is 0.465 e. The molecule has 126 valence electrons. The summed E-state index contributed by atoms with van der Waals surface area (Å²) in [5.74, 6) is -0.487. The maximum atomic E-state index is 11.8. The Balaban J connectivity index is 1.84. The first-order valence-electron chi connectivity index (χ1n) is 7.69. The molecule has 23 heavy (non-hydrogen) atoms. The predicted molar refractivity (Wildman–Crippen MR) is 82.5 cm³/mol. The van der Waals surface area contributed by atoms with Gasteiger partial charge in [0.1, 0.15) is 6.04 Å². The zero-order chi connectivity index (χ0) is 16.7. The number of nitrogens with one attached hydrogen (secondary N) is 1. The van der Waals surface area contributed by atoms with Gasteiger partial charge in [0.2, 0.25) is 0 Å². The molecule has 0 spiro atoms. The Hall–Kier alpha value is -2.12. The Morgan fingerprint density at radius 2 is 2.04 bits per heavy atom. The van der Waals surface area contributed by atoms with Gasteiger partial charge in [0.05, 0.1) is 19.3 Å². The van der Waals surface area contributed by atoms with Crippen molar-refractivity contribution in [2.24, 2.45) is 0 Å². The van der Waals surface area contributed by atoms with E-state index in [0.717, 1.165) is 10.5 Å². The number of hydrogen-bond acceptors (Lipinski definition) is 5. The first kappa shape index (κ1) is 17.2. The maximum Gasteiger partial charge on any atom is 0.408 e. The molecule has 1 amide bonds. The van der Waals surface area contributed by atoms with Crippen LogP contribution in [0.2, 0.25) is 0 Å². The minimum Gasteiger partial charge on any atom is -0.465 e. The summed E-state index contributed by atoms with van der Waals surface area (Å²) in [6.07, 6.45) is -0.0721. The zero-order valence-electron chi connectivity index (χ0n) is 13.1. The first-order chi connectivity index (χ1) is 11.1. The number of ether oxygens (including phenoxy) is 1. The molecule has 0 saturated carbocycles. The molecule has 7 nitrogen and oxygen atoms in total. The van der Waals surface area contributed by atoms with Gasteiger partial charge >= 0.3 is 12.1 Å². The van der Waals surface area contributed by atoms with Gasteiger partial charge in [-0.05, 0) is 25.3 Å². The molecule has 0 radical (unpaired) electrons. The molecule has 0 aromatic heterocycles. The standard InChI is InChI=1S/C16H22N2O5/c1-2-22-15(19)14-9-8-13(10-18(14)16(20)21)17-23-11-12-6-4-3-5-7-12/h3-7,13-14,17H,2,8-11H2,1H3,(H,20,21). The number of carbonyl (C=O) groups excluding carboxylic acids is 1. The topological polar surface area (TPSA) is 88.1 Å². The van der Waals surface area contributed by atoms with Crippen molar-refractivity contribution < 1.29 is 24.3 Å². The van der Waals surface area contributed by atoms with Crippen LogP contribution in [0.4, 0.5) is 4.79 Å². The molecule has 2 rings (SSSR count). The van der Waals surface area contributed by atoms with E-state index < -0.39 is 18.1 Å². The van der Waals surface area contributed by atoms with Gasteiger partial charge in [0, 0.05) is 6.54 Å². The third-order valence-corrected chi connectivity index (χ3v) is 3.72. The van der Waals surface area contributed by atoms with E-state index in [1.807, 2.05) is 30.3 Å². The summed E-state index contributed by atoms with van der Waals surface area (Å²) in [6.45, 7) is 2.53. The van der Waals surface area contributed by atoms with E-state index in [1.165, 1.54) is 0 Å². The number of likely N-dealkylation sites (tertiary alicyclic amines) is 1. The molecule has 2 N–H and O–H groups in total. The number of benzene rings is 1. The molecule has 1 aromatic rings. The van der Waals surface area contributed by atoms with Crippen LogP contribution in [-0.2, 0) is 21.0 Å². The van der Waals surface area contributed by atoms with Crippen molar-refractivity contribution >= 4 is 12.1 Å². The second-order valence-corrected chi connectivity index (χ2v) is 5.37. The highest BCUT2D eigenvalue weighted by Gasteiger charge is 2.37. The molecule has 1 aliphatic rings. The first-order valence-corrected chi connectivity index (χ1v) is 7.69. The normalized spacial score (nSPS) is 21.0. The summed E-state index contributed by atoms with van der Waals surface area (Å²) in [6, 6.07) is 8.79. The van der Waals surface area contributed by atoms with Gasteiger partial charge in [-0.2, -0.15) is 5.48 Å². The van der Waals surface area contributed by atoms with Crippen LogP contribution in [0, 0.1) is 0 Å². The van der Waals surface area contributed by atoms with Crippen LogP contribution < -0.4 is 5.48 Å². The second-order valence-electron chi connectivity index (χ2n) is 5.37. The Morgan fingerprint density at radius 3 is 2.70 bits per heavy atom. The summed E-state index contributed by atoms with van der Waals surface area (Å²) < 4.78 is 4.94. The fourth-order valence-corrected chi connectivity index (χ4v) is 2.58. The van der Waals surface area contributed by atoms with Crippen LogP contribution >= 0.6 is 0 Å². The number of rotatable bonds is 6. The molecule has 1 heterocycles. The van der Waals surface area contributed by atoms with E-state index in [0.29, 0.717) is 19.4 Å². The number of carboxylic acid groups (broad SMARTS) is 1. The Labute approximate surface area is 135 Å². The summed E-state index contributed by atoms with van der Waals surface area (Å²) in [5, 5.41) is 9.30. The number of esters is 1. The molecule has 1 saturated heterocycles. The van der Waals surface area contributed by atoms with Crippen LogP contribution in [0.3, 0.4) is 0 Å². The lowest BCUT2D eigenvalue weighted by Gasteiger charge is -2.36. The van der Waals surface area contributed by atoms with Gasteiger partial charge in [0.15, 0.2) is 0 Å². The summed E-state index contributed by atoms with van der Waals surface area (Å²) >= 11 is 0. The average molecular weight is 322 g/mol. The third kappa shape index (κ3) is 4.94. The Bertz CT molecular complexity index is 522. The van der Waals surface area contributed by atoms with Crippen LogP contribution in [0.15, 0.2) is 30.3 Å². The van der Waals surface area contributed by atoms with Gasteiger partial charge < -0.3 is 9.84 Å². The van der Waals surface area contributed by atoms with Crippen LogP contribution in [0.25, 0.3) is 0 Å². The van der Waals surface area contributed by atoms with Crippen LogP contribution in [0.1, 0.15) is 25.3 Å². The summed E-state index contributed by atoms with van der Waals surface area (Å²) in [7, 11) is 0. The van der Waals surface area contributed by atoms with Crippen molar-refractivity contribution in [3.63, 3.8) is 0 Å². The van der Waals surface area contributed by atoms with Gasteiger partial charge in [-0.3, -0.25) is 9.74 Å². The number of hydroxylamine groups is 1. The number of hydrogen-bond donors (Lipinski definition) is 2. The van der Waals surface area contributed by atoms with Crippen molar-refractivity contribution in [1.29, 1.82) is 0 Å². The smallest absolute Gasteiger partial charge is 0.408 e. The van der Waals surface area contributed by atoms with E-state index in [9.17, 15) is 14.7 Å². The highest BCUT2D eigenvalue weighted by molar-refractivity contribution is 5.81. The lowest BCUT2D eigenvalue weighted by Crippen LogP contribution is -2.55. The molecular formula is C16H22N2O5. The number of nitrogens with zero attached hydrogens (tertiary/aromatic N) is 1. The van der Waals surface area contributed by atoms with E-state index in [4.69, 9.17) is 9.57 Å². The van der Waals surface area contributed by atoms with Gasteiger partial charge in [-0.25, -0.2) is 9.59 Å². The fourth-order valence-electron chi connectivity index (χ4n) is 2.58. The lowest BCUT2D eigenvalue weighted by atomic mass is 9.99. The van der Waals surface area contributed by atoms with Crippen molar-refractivity contribution in [3.8, 4) is 0 Å². The Morgan fingerprint density at radius 1 is 1.30 bits per heavy atom. The van der Waals surface area contributed by atoms with Gasteiger partial charge in [0.25, 0.3) is 0 Å². The van der Waals surface area contributed by atoms with Gasteiger partial charge in [-0.15, -0.1) is 0 Å². The molecule has 0 aliphatic carbocycles. The van der Waals surface area contributed by atoms with Gasteiger partial charge in [-0.1, -0.05) is 30.3 Å². The number of amides is 1. The second kappa shape index (κ2) is 8.50. The summed E-state index contributed by atoms with van der Waals surface area (Å²) in [5.41, 5.74) is 3.91. The maximum absolute atomic E-state index is 11.8.